The maximum Gasteiger partial charge on any atom is 0.221 e. The Morgan fingerprint density at radius 3 is 1.96 bits per heavy atom. The number of ether oxygens (including phenoxy) is 1. The van der Waals surface area contributed by atoms with E-state index in [0.29, 0.717) is 4.77 Å². The third-order valence-electron chi connectivity index (χ3n) is 4.50. The molecule has 26 heavy (non-hydrogen) atoms. The highest BCUT2D eigenvalue weighted by molar-refractivity contribution is 7.71. The van der Waals surface area contributed by atoms with Gasteiger partial charge in [-0.2, -0.15) is 4.68 Å². The number of hydrogen-bond donors (Lipinski definition) is 0. The first kappa shape index (κ1) is 15.0. The van der Waals surface area contributed by atoms with E-state index in [4.69, 9.17) is 17.0 Å². The summed E-state index contributed by atoms with van der Waals surface area (Å²) in [6.07, 6.45) is 0. The van der Waals surface area contributed by atoms with Crippen molar-refractivity contribution in [3.8, 4) is 17.2 Å². The van der Waals surface area contributed by atoms with E-state index in [-0.39, 0.29) is 6.04 Å². The molecule has 1 aliphatic rings. The normalized spacial score (nSPS) is 12.9. The summed E-state index contributed by atoms with van der Waals surface area (Å²) in [5.74, 6) is 1.62. The van der Waals surface area contributed by atoms with Gasteiger partial charge >= 0.3 is 0 Å². The van der Waals surface area contributed by atoms with Crippen molar-refractivity contribution in [1.29, 1.82) is 0 Å². The average Bonchev–Trinajstić information content (AvgIpc) is 3.08. The van der Waals surface area contributed by atoms with Crippen LogP contribution < -0.4 is 4.74 Å². The summed E-state index contributed by atoms with van der Waals surface area (Å²) in [6.45, 7) is 0. The van der Waals surface area contributed by atoms with E-state index in [9.17, 15) is 0 Å². The fraction of sp³-hybridized carbons (Fsp3) is 0.0500. The summed E-state index contributed by atoms with van der Waals surface area (Å²) in [5.41, 5.74) is 2.92. The van der Waals surface area contributed by atoms with Gasteiger partial charge in [-0.3, -0.25) is 0 Å². The molecule has 0 atom stereocenters. The monoisotopic (exact) mass is 358 g/mol. The highest BCUT2D eigenvalue weighted by Gasteiger charge is 2.30. The third kappa shape index (κ3) is 2.27. The molecule has 0 N–H and O–H groups in total. The maximum atomic E-state index is 6.06. The summed E-state index contributed by atoms with van der Waals surface area (Å²) < 4.78 is 10.0. The second-order valence-electron chi connectivity index (χ2n) is 6.03. The lowest BCUT2D eigenvalue weighted by Gasteiger charge is -2.27. The Morgan fingerprint density at radius 2 is 1.31 bits per heavy atom. The van der Waals surface area contributed by atoms with Crippen molar-refractivity contribution in [3.05, 3.63) is 94.8 Å². The molecule has 5 rings (SSSR count). The van der Waals surface area contributed by atoms with Gasteiger partial charge in [0.05, 0.1) is 5.69 Å². The minimum absolute atomic E-state index is 0.180. The van der Waals surface area contributed by atoms with Crippen LogP contribution in [0.15, 0.2) is 78.9 Å². The Balaban J connectivity index is 1.73. The molecule has 0 unspecified atom stereocenters. The van der Waals surface area contributed by atoms with Gasteiger partial charge in [-0.25, -0.2) is 4.68 Å². The van der Waals surface area contributed by atoms with Crippen molar-refractivity contribution in [2.45, 2.75) is 6.04 Å². The number of fused-ring (bicyclic) bond motifs is 2. The minimum Gasteiger partial charge on any atom is -0.457 e. The SMILES string of the molecule is S=c1n(-c2ccccc2)nnn1C1c2ccccc2Oc2ccccc21. The smallest absolute Gasteiger partial charge is 0.221 e. The van der Waals surface area contributed by atoms with Gasteiger partial charge < -0.3 is 4.74 Å². The van der Waals surface area contributed by atoms with Gasteiger partial charge in [0.25, 0.3) is 0 Å². The highest BCUT2D eigenvalue weighted by atomic mass is 32.1. The van der Waals surface area contributed by atoms with Crippen molar-refractivity contribution in [2.24, 2.45) is 0 Å². The molecule has 126 valence electrons. The van der Waals surface area contributed by atoms with Gasteiger partial charge in [-0.15, -0.1) is 0 Å². The van der Waals surface area contributed by atoms with Crippen LogP contribution in [0, 0.1) is 4.77 Å². The second kappa shape index (κ2) is 5.93. The first-order valence-corrected chi connectivity index (χ1v) is 8.69. The Kier molecular flexibility index (Phi) is 3.43. The van der Waals surface area contributed by atoms with Crippen LogP contribution in [0.5, 0.6) is 11.5 Å². The zero-order valence-electron chi connectivity index (χ0n) is 13.7. The van der Waals surface area contributed by atoms with Crippen LogP contribution in [0.4, 0.5) is 0 Å². The molecule has 0 radical (unpaired) electrons. The molecule has 2 heterocycles. The van der Waals surface area contributed by atoms with E-state index < -0.39 is 0 Å². The lowest BCUT2D eigenvalue weighted by atomic mass is 9.95. The van der Waals surface area contributed by atoms with Crippen molar-refractivity contribution in [3.63, 3.8) is 0 Å². The number of para-hydroxylation sites is 3. The van der Waals surface area contributed by atoms with Gasteiger partial charge in [-0.1, -0.05) is 54.6 Å². The van der Waals surface area contributed by atoms with Crippen LogP contribution in [0.25, 0.3) is 5.69 Å². The topological polar surface area (TPSA) is 44.9 Å². The number of tetrazole rings is 1. The predicted molar refractivity (Wildman–Crippen MR) is 100 cm³/mol. The van der Waals surface area contributed by atoms with Crippen LogP contribution in [0.3, 0.4) is 0 Å². The standard InChI is InChI=1S/C20H14N4OS/c26-20-23(14-8-2-1-3-9-14)21-22-24(20)19-15-10-4-6-12-17(15)25-18-13-7-5-11-16(18)19/h1-13,19H. The molecular formula is C20H14N4OS. The highest BCUT2D eigenvalue weighted by Crippen LogP contribution is 2.44. The molecule has 0 spiro atoms. The summed E-state index contributed by atoms with van der Waals surface area (Å²) in [7, 11) is 0. The van der Waals surface area contributed by atoms with Crippen molar-refractivity contribution in [2.75, 3.05) is 0 Å². The van der Waals surface area contributed by atoms with E-state index in [1.165, 1.54) is 0 Å². The molecule has 1 aromatic heterocycles. The first-order valence-electron chi connectivity index (χ1n) is 8.28. The summed E-state index contributed by atoms with van der Waals surface area (Å²) in [5, 5.41) is 8.68. The molecule has 0 saturated heterocycles. The Morgan fingerprint density at radius 1 is 0.731 bits per heavy atom. The fourth-order valence-electron chi connectivity index (χ4n) is 3.30. The van der Waals surface area contributed by atoms with E-state index >= 15 is 0 Å². The van der Waals surface area contributed by atoms with Crippen LogP contribution in [0.1, 0.15) is 17.2 Å². The predicted octanol–water partition coefficient (Wildman–Crippen LogP) is 4.54. The lowest BCUT2D eigenvalue weighted by Crippen LogP contribution is -2.19. The van der Waals surface area contributed by atoms with Gasteiger partial charge in [-0.05, 0) is 46.9 Å². The molecule has 0 amide bonds. The number of hydrogen-bond acceptors (Lipinski definition) is 4. The quantitative estimate of drug-likeness (QED) is 0.435. The van der Waals surface area contributed by atoms with E-state index in [2.05, 4.69) is 10.4 Å². The van der Waals surface area contributed by atoms with Gasteiger partial charge in [0.15, 0.2) is 0 Å². The first-order chi connectivity index (χ1) is 12.8. The van der Waals surface area contributed by atoms with Crippen LogP contribution in [0.2, 0.25) is 0 Å². The molecule has 0 aliphatic carbocycles. The summed E-state index contributed by atoms with van der Waals surface area (Å²) >= 11 is 5.71. The van der Waals surface area contributed by atoms with E-state index in [0.717, 1.165) is 28.3 Å². The number of benzene rings is 3. The molecule has 1 aliphatic heterocycles. The largest absolute Gasteiger partial charge is 0.457 e. The number of aromatic nitrogens is 4. The van der Waals surface area contributed by atoms with Crippen molar-refractivity contribution < 1.29 is 4.74 Å². The number of nitrogens with zero attached hydrogens (tertiary/aromatic N) is 4. The molecule has 5 nitrogen and oxygen atoms in total. The second-order valence-corrected chi connectivity index (χ2v) is 6.40. The Hall–Kier alpha value is -3.25. The lowest BCUT2D eigenvalue weighted by molar-refractivity contribution is 0.421. The maximum absolute atomic E-state index is 6.06. The van der Waals surface area contributed by atoms with Crippen molar-refractivity contribution >= 4 is 12.2 Å². The van der Waals surface area contributed by atoms with Gasteiger partial charge in [0.1, 0.15) is 17.5 Å². The molecule has 0 bridgehead atoms. The van der Waals surface area contributed by atoms with Gasteiger partial charge in [0.2, 0.25) is 4.77 Å². The van der Waals surface area contributed by atoms with Gasteiger partial charge in [0, 0.05) is 11.1 Å². The number of rotatable bonds is 2. The Bertz CT molecular complexity index is 1100. The molecule has 3 aromatic carbocycles. The molecular weight excluding hydrogens is 344 g/mol. The Labute approximate surface area is 155 Å². The van der Waals surface area contributed by atoms with Crippen LogP contribution in [-0.4, -0.2) is 19.8 Å². The molecule has 4 aromatic rings. The zero-order valence-corrected chi connectivity index (χ0v) is 14.5. The zero-order chi connectivity index (χ0) is 17.5. The molecule has 0 fully saturated rings. The third-order valence-corrected chi connectivity index (χ3v) is 4.86. The average molecular weight is 358 g/mol. The summed E-state index contributed by atoms with van der Waals surface area (Å²) in [4.78, 5) is 0. The molecule has 0 saturated carbocycles. The van der Waals surface area contributed by atoms with E-state index in [1.54, 1.807) is 9.36 Å². The fourth-order valence-corrected chi connectivity index (χ4v) is 3.58. The minimum atomic E-state index is -0.180. The van der Waals surface area contributed by atoms with Crippen LogP contribution in [-0.2, 0) is 0 Å². The van der Waals surface area contributed by atoms with E-state index in [1.807, 2.05) is 78.9 Å². The van der Waals surface area contributed by atoms with Crippen molar-refractivity contribution in [1.82, 2.24) is 19.8 Å². The molecule has 6 heteroatoms. The van der Waals surface area contributed by atoms with Crippen LogP contribution >= 0.6 is 12.2 Å². The summed E-state index contributed by atoms with van der Waals surface area (Å²) in [6, 6.07) is 25.5.